The molecular weight excluding hydrogens is 236 g/mol. The molecule has 0 spiro atoms. The summed E-state index contributed by atoms with van der Waals surface area (Å²) in [7, 11) is 0. The number of aromatic amines is 1. The minimum Gasteiger partial charge on any atom is -0.381 e. The van der Waals surface area contributed by atoms with E-state index >= 15 is 0 Å². The zero-order valence-electron chi connectivity index (χ0n) is 11.3. The second-order valence-electron chi connectivity index (χ2n) is 5.11. The van der Waals surface area contributed by atoms with Gasteiger partial charge >= 0.3 is 0 Å². The van der Waals surface area contributed by atoms with Gasteiger partial charge in [0.25, 0.3) is 0 Å². The van der Waals surface area contributed by atoms with Crippen LogP contribution in [0, 0.1) is 6.92 Å². The third-order valence-electron chi connectivity index (χ3n) is 3.76. The van der Waals surface area contributed by atoms with E-state index in [1.807, 2.05) is 13.1 Å². The summed E-state index contributed by atoms with van der Waals surface area (Å²) in [5, 5.41) is 10.4. The van der Waals surface area contributed by atoms with E-state index in [-0.39, 0.29) is 0 Å². The lowest BCUT2D eigenvalue weighted by Crippen LogP contribution is -2.17. The van der Waals surface area contributed by atoms with E-state index in [0.29, 0.717) is 0 Å². The second-order valence-corrected chi connectivity index (χ2v) is 5.11. The van der Waals surface area contributed by atoms with Gasteiger partial charge in [0.15, 0.2) is 0 Å². The molecule has 0 bridgehead atoms. The first-order chi connectivity index (χ1) is 9.33. The highest BCUT2D eigenvalue weighted by molar-refractivity contribution is 5.55. The molecular formula is C15H20N4. The standard InChI is InChI=1S/C15H20N4/c1-12-13(11-17-18-12)10-16-14-4-6-15(7-5-14)19-8-2-3-9-19/h4-7,11,16H,2-3,8-10H2,1H3,(H,17,18). The van der Waals surface area contributed by atoms with Crippen molar-refractivity contribution < 1.29 is 0 Å². The Morgan fingerprint density at radius 2 is 1.95 bits per heavy atom. The molecule has 2 aromatic rings. The van der Waals surface area contributed by atoms with Crippen LogP contribution >= 0.6 is 0 Å². The maximum atomic E-state index is 4.03. The summed E-state index contributed by atoms with van der Waals surface area (Å²) in [6.45, 7) is 5.24. The fourth-order valence-electron chi connectivity index (χ4n) is 2.52. The third kappa shape index (κ3) is 2.72. The molecule has 1 aliphatic heterocycles. The summed E-state index contributed by atoms with van der Waals surface area (Å²) in [5.41, 5.74) is 4.83. The van der Waals surface area contributed by atoms with Crippen LogP contribution in [0.1, 0.15) is 24.1 Å². The van der Waals surface area contributed by atoms with Crippen LogP contribution in [0.5, 0.6) is 0 Å². The minimum atomic E-state index is 0.811. The molecule has 19 heavy (non-hydrogen) atoms. The van der Waals surface area contributed by atoms with E-state index in [2.05, 4.69) is 44.7 Å². The molecule has 0 radical (unpaired) electrons. The molecule has 0 atom stereocenters. The maximum absolute atomic E-state index is 4.03. The molecule has 0 amide bonds. The Morgan fingerprint density at radius 3 is 2.58 bits per heavy atom. The van der Waals surface area contributed by atoms with Crippen molar-refractivity contribution in [3.63, 3.8) is 0 Å². The molecule has 3 rings (SSSR count). The Hall–Kier alpha value is -1.97. The van der Waals surface area contributed by atoms with Gasteiger partial charge in [-0.3, -0.25) is 5.10 Å². The average molecular weight is 256 g/mol. The Morgan fingerprint density at radius 1 is 1.21 bits per heavy atom. The van der Waals surface area contributed by atoms with Crippen molar-refractivity contribution in [2.24, 2.45) is 0 Å². The van der Waals surface area contributed by atoms with Crippen LogP contribution in [0.25, 0.3) is 0 Å². The number of hydrogen-bond acceptors (Lipinski definition) is 3. The third-order valence-corrected chi connectivity index (χ3v) is 3.76. The number of H-pyrrole nitrogens is 1. The molecule has 4 nitrogen and oxygen atoms in total. The summed E-state index contributed by atoms with van der Waals surface area (Å²) < 4.78 is 0. The molecule has 1 aromatic heterocycles. The average Bonchev–Trinajstić information content (AvgIpc) is 3.09. The van der Waals surface area contributed by atoms with Gasteiger partial charge in [-0.05, 0) is 44.0 Å². The molecule has 1 aromatic carbocycles. The van der Waals surface area contributed by atoms with Gasteiger partial charge < -0.3 is 10.2 Å². The number of nitrogens with zero attached hydrogens (tertiary/aromatic N) is 2. The summed E-state index contributed by atoms with van der Waals surface area (Å²) in [6.07, 6.45) is 4.51. The highest BCUT2D eigenvalue weighted by atomic mass is 15.1. The summed E-state index contributed by atoms with van der Waals surface area (Å²) in [5.74, 6) is 0. The molecule has 0 aliphatic carbocycles. The molecule has 2 N–H and O–H groups in total. The van der Waals surface area contributed by atoms with Crippen LogP contribution in [-0.2, 0) is 6.54 Å². The van der Waals surface area contributed by atoms with Crippen molar-refractivity contribution in [2.75, 3.05) is 23.3 Å². The number of aromatic nitrogens is 2. The molecule has 0 unspecified atom stereocenters. The maximum Gasteiger partial charge on any atom is 0.0539 e. The van der Waals surface area contributed by atoms with Crippen LogP contribution in [0.15, 0.2) is 30.5 Å². The SMILES string of the molecule is Cc1[nH]ncc1CNc1ccc(N2CCCC2)cc1. The fourth-order valence-corrected chi connectivity index (χ4v) is 2.52. The molecule has 1 fully saturated rings. The molecule has 2 heterocycles. The fraction of sp³-hybridized carbons (Fsp3) is 0.400. The molecule has 100 valence electrons. The van der Waals surface area contributed by atoms with Crippen LogP contribution < -0.4 is 10.2 Å². The number of benzene rings is 1. The first-order valence-corrected chi connectivity index (χ1v) is 6.91. The number of rotatable bonds is 4. The van der Waals surface area contributed by atoms with Gasteiger partial charge in [0.1, 0.15) is 0 Å². The minimum absolute atomic E-state index is 0.811. The lowest BCUT2D eigenvalue weighted by Gasteiger charge is -2.18. The molecule has 1 aliphatic rings. The van der Waals surface area contributed by atoms with E-state index in [1.54, 1.807) is 0 Å². The van der Waals surface area contributed by atoms with Gasteiger partial charge in [-0.2, -0.15) is 5.10 Å². The quantitative estimate of drug-likeness (QED) is 0.884. The monoisotopic (exact) mass is 256 g/mol. The summed E-state index contributed by atoms with van der Waals surface area (Å²) in [6, 6.07) is 8.72. The zero-order valence-corrected chi connectivity index (χ0v) is 11.3. The predicted octanol–water partition coefficient (Wildman–Crippen LogP) is 2.93. The normalized spacial score (nSPS) is 14.9. The van der Waals surface area contributed by atoms with Crippen molar-refractivity contribution in [3.05, 3.63) is 41.7 Å². The van der Waals surface area contributed by atoms with Crippen molar-refractivity contribution in [1.29, 1.82) is 0 Å². The van der Waals surface area contributed by atoms with E-state index in [9.17, 15) is 0 Å². The first kappa shape index (κ1) is 12.1. The lowest BCUT2D eigenvalue weighted by atomic mass is 10.2. The van der Waals surface area contributed by atoms with Gasteiger partial charge in [-0.15, -0.1) is 0 Å². The van der Waals surface area contributed by atoms with E-state index < -0.39 is 0 Å². The predicted molar refractivity (Wildman–Crippen MR) is 78.5 cm³/mol. The Labute approximate surface area is 113 Å². The Bertz CT molecular complexity index is 523. The summed E-state index contributed by atoms with van der Waals surface area (Å²) >= 11 is 0. The summed E-state index contributed by atoms with van der Waals surface area (Å²) in [4.78, 5) is 2.45. The van der Waals surface area contributed by atoms with Crippen molar-refractivity contribution in [3.8, 4) is 0 Å². The Balaban J connectivity index is 1.61. The Kier molecular flexibility index (Phi) is 3.40. The second kappa shape index (κ2) is 5.34. The van der Waals surface area contributed by atoms with E-state index in [4.69, 9.17) is 0 Å². The van der Waals surface area contributed by atoms with E-state index in [1.165, 1.54) is 37.2 Å². The number of aryl methyl sites for hydroxylation is 1. The van der Waals surface area contributed by atoms with Crippen molar-refractivity contribution in [1.82, 2.24) is 10.2 Å². The molecule has 4 heteroatoms. The topological polar surface area (TPSA) is 44.0 Å². The molecule has 0 saturated carbocycles. The van der Waals surface area contributed by atoms with Crippen LogP contribution in [-0.4, -0.2) is 23.3 Å². The highest BCUT2D eigenvalue weighted by Gasteiger charge is 2.11. The largest absolute Gasteiger partial charge is 0.381 e. The number of anilines is 2. The van der Waals surface area contributed by atoms with Crippen LogP contribution in [0.4, 0.5) is 11.4 Å². The van der Waals surface area contributed by atoms with Gasteiger partial charge in [0.05, 0.1) is 6.20 Å². The van der Waals surface area contributed by atoms with Gasteiger partial charge in [0, 0.05) is 42.3 Å². The van der Waals surface area contributed by atoms with Gasteiger partial charge in [-0.1, -0.05) is 0 Å². The zero-order chi connectivity index (χ0) is 13.1. The van der Waals surface area contributed by atoms with Crippen LogP contribution in [0.3, 0.4) is 0 Å². The first-order valence-electron chi connectivity index (χ1n) is 6.91. The van der Waals surface area contributed by atoms with Gasteiger partial charge in [0.2, 0.25) is 0 Å². The smallest absolute Gasteiger partial charge is 0.0539 e. The number of hydrogen-bond donors (Lipinski definition) is 2. The van der Waals surface area contributed by atoms with Crippen LogP contribution in [0.2, 0.25) is 0 Å². The lowest BCUT2D eigenvalue weighted by molar-refractivity contribution is 0.949. The molecule has 1 saturated heterocycles. The van der Waals surface area contributed by atoms with Crippen molar-refractivity contribution in [2.45, 2.75) is 26.3 Å². The van der Waals surface area contributed by atoms with E-state index in [0.717, 1.165) is 17.9 Å². The highest BCUT2D eigenvalue weighted by Crippen LogP contribution is 2.22. The van der Waals surface area contributed by atoms with Gasteiger partial charge in [-0.25, -0.2) is 0 Å². The number of nitrogens with one attached hydrogen (secondary N) is 2. The van der Waals surface area contributed by atoms with Crippen molar-refractivity contribution >= 4 is 11.4 Å².